The molecule has 0 bridgehead atoms. The molecule has 8 nitrogen and oxygen atoms in total. The van der Waals surface area contributed by atoms with Gasteiger partial charge in [-0.15, -0.1) is 25.5 Å². The lowest BCUT2D eigenvalue weighted by Gasteiger charge is -2.10. The van der Waals surface area contributed by atoms with Gasteiger partial charge in [0.1, 0.15) is 9.21 Å². The lowest BCUT2D eigenvalue weighted by atomic mass is 10.0. The largest absolute Gasteiger partial charge is 0.237 e. The zero-order valence-electron chi connectivity index (χ0n) is 28.9. The first-order valence-electron chi connectivity index (χ1n) is 14.9. The van der Waals surface area contributed by atoms with Gasteiger partial charge in [0.05, 0.1) is 17.1 Å². The van der Waals surface area contributed by atoms with Crippen LogP contribution in [0.5, 0.6) is 0 Å². The Morgan fingerprint density at radius 2 is 0.792 bits per heavy atom. The van der Waals surface area contributed by atoms with Gasteiger partial charge in [0.15, 0.2) is 16.2 Å². The Kier molecular flexibility index (Phi) is 18.3. The van der Waals surface area contributed by atoms with Crippen molar-refractivity contribution in [3.05, 3.63) is 86.7 Å². The molecule has 0 radical (unpaired) electrons. The molecular formula is C32H40Br4F4N8. The van der Waals surface area contributed by atoms with Crippen LogP contribution in [0.15, 0.2) is 18.3 Å². The van der Waals surface area contributed by atoms with Crippen LogP contribution >= 0.6 is 63.7 Å². The second-order valence-corrected chi connectivity index (χ2v) is 14.9. The summed E-state index contributed by atoms with van der Waals surface area (Å²) in [6.07, 6.45) is 0. The van der Waals surface area contributed by atoms with Crippen LogP contribution in [-0.4, -0.2) is 40.8 Å². The van der Waals surface area contributed by atoms with E-state index in [1.807, 2.05) is 55.4 Å². The molecule has 4 aromatic heterocycles. The van der Waals surface area contributed by atoms with Crippen molar-refractivity contribution in [2.45, 2.75) is 107 Å². The molecule has 0 aliphatic rings. The van der Waals surface area contributed by atoms with Crippen molar-refractivity contribution < 1.29 is 17.6 Å². The molecule has 4 heterocycles. The number of rotatable bonds is 4. The molecule has 0 fully saturated rings. The Morgan fingerprint density at radius 3 is 1.21 bits per heavy atom. The van der Waals surface area contributed by atoms with Crippen LogP contribution in [0.3, 0.4) is 0 Å². The highest BCUT2D eigenvalue weighted by Crippen LogP contribution is 2.29. The second-order valence-electron chi connectivity index (χ2n) is 11.9. The van der Waals surface area contributed by atoms with E-state index < -0.39 is 11.9 Å². The summed E-state index contributed by atoms with van der Waals surface area (Å²) in [6.45, 7) is 22.4. The quantitative estimate of drug-likeness (QED) is 0.186. The predicted octanol–water partition coefficient (Wildman–Crippen LogP) is 11.2. The molecule has 0 aliphatic heterocycles. The van der Waals surface area contributed by atoms with E-state index in [-0.39, 0.29) is 39.9 Å². The van der Waals surface area contributed by atoms with Gasteiger partial charge in [-0.05, 0) is 121 Å². The van der Waals surface area contributed by atoms with E-state index in [0.717, 1.165) is 15.7 Å². The summed E-state index contributed by atoms with van der Waals surface area (Å²) in [7, 11) is 0. The highest BCUT2D eigenvalue weighted by Gasteiger charge is 2.17. The van der Waals surface area contributed by atoms with Crippen LogP contribution in [0.1, 0.15) is 124 Å². The third-order valence-electron chi connectivity index (χ3n) is 6.69. The molecular weight excluding hydrogens is 892 g/mol. The van der Waals surface area contributed by atoms with Gasteiger partial charge in [-0.3, -0.25) is 0 Å². The van der Waals surface area contributed by atoms with Crippen LogP contribution in [0.25, 0.3) is 0 Å². The van der Waals surface area contributed by atoms with E-state index in [4.69, 9.17) is 0 Å². The lowest BCUT2D eigenvalue weighted by Crippen LogP contribution is -2.03. The van der Waals surface area contributed by atoms with Crippen molar-refractivity contribution in [3.8, 4) is 0 Å². The molecule has 0 N–H and O–H groups in total. The highest BCUT2D eigenvalue weighted by atomic mass is 79.9. The molecule has 0 saturated heterocycles. The van der Waals surface area contributed by atoms with Gasteiger partial charge in [-0.2, -0.15) is 24.1 Å². The van der Waals surface area contributed by atoms with E-state index in [1.165, 1.54) is 0 Å². The number of nitrogens with zero attached hydrogens (tertiary/aromatic N) is 8. The third kappa shape index (κ3) is 12.1. The molecule has 48 heavy (non-hydrogen) atoms. The van der Waals surface area contributed by atoms with Crippen LogP contribution < -0.4 is 0 Å². The second kappa shape index (κ2) is 20.0. The zero-order chi connectivity index (χ0) is 37.2. The first-order valence-corrected chi connectivity index (χ1v) is 18.0. The highest BCUT2D eigenvalue weighted by molar-refractivity contribution is 9.11. The monoisotopic (exact) mass is 928 g/mol. The minimum Gasteiger partial charge on any atom is -0.205 e. The smallest absolute Gasteiger partial charge is 0.205 e. The number of aryl methyl sites for hydroxylation is 3. The number of hydrogen-bond acceptors (Lipinski definition) is 8. The fourth-order valence-electron chi connectivity index (χ4n) is 4.30. The van der Waals surface area contributed by atoms with Crippen molar-refractivity contribution in [2.75, 3.05) is 0 Å². The maximum Gasteiger partial charge on any atom is 0.237 e. The summed E-state index contributed by atoms with van der Waals surface area (Å²) < 4.78 is 54.8. The number of hydrogen-bond donors (Lipinski definition) is 0. The van der Waals surface area contributed by atoms with E-state index >= 15 is 0 Å². The number of halogens is 8. The SMILES string of the molecule is Cc1c(F)nnc(Br)c1C(C)C.Cc1nnc(Br)c(C(C)C)c1F.Cc1nnc(Br)c(F)c1C(C)C.Cc1nnc(F)c(C(C)C)c1Br. The minimum absolute atomic E-state index is 0.119. The van der Waals surface area contributed by atoms with Gasteiger partial charge >= 0.3 is 0 Å². The van der Waals surface area contributed by atoms with Gasteiger partial charge in [0.2, 0.25) is 11.9 Å². The van der Waals surface area contributed by atoms with Crippen molar-refractivity contribution in [1.82, 2.24) is 40.8 Å². The Hall–Kier alpha value is -2.04. The molecule has 0 aromatic carbocycles. The first kappa shape index (κ1) is 44.0. The number of aromatic nitrogens is 8. The van der Waals surface area contributed by atoms with Gasteiger partial charge in [0, 0.05) is 26.7 Å². The molecule has 4 rings (SSSR count). The molecule has 264 valence electrons. The van der Waals surface area contributed by atoms with E-state index in [2.05, 4.69) is 105 Å². The van der Waals surface area contributed by atoms with Crippen molar-refractivity contribution in [1.29, 1.82) is 0 Å². The van der Waals surface area contributed by atoms with Crippen molar-refractivity contribution in [2.24, 2.45) is 0 Å². The third-order valence-corrected chi connectivity index (χ3v) is 9.37. The average Bonchev–Trinajstić information content (AvgIpc) is 2.98. The van der Waals surface area contributed by atoms with E-state index in [0.29, 0.717) is 42.8 Å². The normalized spacial score (nSPS) is 10.8. The van der Waals surface area contributed by atoms with Crippen LogP contribution in [0, 0.1) is 51.2 Å². The summed E-state index contributed by atoms with van der Waals surface area (Å²) >= 11 is 12.7. The zero-order valence-corrected chi connectivity index (χ0v) is 35.3. The summed E-state index contributed by atoms with van der Waals surface area (Å²) in [4.78, 5) is 0. The Morgan fingerprint density at radius 1 is 0.396 bits per heavy atom. The lowest BCUT2D eigenvalue weighted by molar-refractivity contribution is 0.532. The average molecular weight is 932 g/mol. The van der Waals surface area contributed by atoms with Gasteiger partial charge < -0.3 is 0 Å². The van der Waals surface area contributed by atoms with E-state index in [1.54, 1.807) is 27.7 Å². The van der Waals surface area contributed by atoms with Crippen LogP contribution in [-0.2, 0) is 0 Å². The maximum absolute atomic E-state index is 13.4. The summed E-state index contributed by atoms with van der Waals surface area (Å²) in [5, 5.41) is 28.9. The predicted molar refractivity (Wildman–Crippen MR) is 194 cm³/mol. The topological polar surface area (TPSA) is 103 Å². The van der Waals surface area contributed by atoms with Gasteiger partial charge in [-0.25, -0.2) is 8.78 Å². The molecule has 0 atom stereocenters. The molecule has 0 spiro atoms. The van der Waals surface area contributed by atoms with E-state index in [9.17, 15) is 17.6 Å². The molecule has 0 unspecified atom stereocenters. The maximum atomic E-state index is 13.4. The Bertz CT molecular complexity index is 1440. The van der Waals surface area contributed by atoms with Gasteiger partial charge in [-0.1, -0.05) is 55.4 Å². The van der Waals surface area contributed by atoms with Crippen LogP contribution in [0.4, 0.5) is 17.6 Å². The summed E-state index contributed by atoms with van der Waals surface area (Å²) in [6, 6.07) is 0. The molecule has 16 heteroatoms. The minimum atomic E-state index is -0.484. The van der Waals surface area contributed by atoms with Gasteiger partial charge in [0.25, 0.3) is 0 Å². The van der Waals surface area contributed by atoms with Crippen LogP contribution in [0.2, 0.25) is 0 Å². The molecule has 0 aliphatic carbocycles. The van der Waals surface area contributed by atoms with Crippen molar-refractivity contribution in [3.63, 3.8) is 0 Å². The fraction of sp³-hybridized carbons (Fsp3) is 0.500. The van der Waals surface area contributed by atoms with Crippen molar-refractivity contribution >= 4 is 63.7 Å². The Labute approximate surface area is 313 Å². The molecule has 0 amide bonds. The standard InChI is InChI=1S/4C8H10BrFN2/c1-4(2)6-7(10)5(3)11-12-8(6)9;1-4(2)6-7(9)5(3)11-12-8(6)10;1-4(2)6-5(3)11-12-8(9)7(6)10;1-4(2)6-5(3)8(10)12-11-7(6)9/h4*4H,1-3H3. The molecule has 0 saturated carbocycles. The molecule has 4 aromatic rings. The summed E-state index contributed by atoms with van der Waals surface area (Å²) in [5.41, 5.74) is 5.03. The summed E-state index contributed by atoms with van der Waals surface area (Å²) in [5.74, 6) is -0.892. The first-order chi connectivity index (χ1) is 22.1. The fourth-order valence-corrected chi connectivity index (χ4v) is 6.84. The Balaban J connectivity index is 0.000000320.